The fourth-order valence-corrected chi connectivity index (χ4v) is 4.86. The minimum absolute atomic E-state index is 0.204. The van der Waals surface area contributed by atoms with Crippen LogP contribution in [0.1, 0.15) is 32.1 Å². The molecule has 3 rings (SSSR count). The number of carbonyl (C=O) groups excluding carboxylic acids is 1. The summed E-state index contributed by atoms with van der Waals surface area (Å²) in [5.41, 5.74) is 1.99. The van der Waals surface area contributed by atoms with Gasteiger partial charge in [0.25, 0.3) is 0 Å². The molecule has 0 atom stereocenters. The minimum atomic E-state index is 0.204. The van der Waals surface area contributed by atoms with E-state index < -0.39 is 0 Å². The molecule has 6 heteroatoms. The second kappa shape index (κ2) is 8.37. The third-order valence-electron chi connectivity index (χ3n) is 4.46. The minimum Gasteiger partial charge on any atom is -0.342 e. The van der Waals surface area contributed by atoms with E-state index in [4.69, 9.17) is 11.6 Å². The van der Waals surface area contributed by atoms with Crippen LogP contribution in [0, 0.1) is 0 Å². The number of halogens is 1. The first-order valence-corrected chi connectivity index (χ1v) is 10.5. The lowest BCUT2D eigenvalue weighted by Gasteiger charge is -2.31. The highest BCUT2D eigenvalue weighted by Gasteiger charge is 2.22. The molecule has 0 unspecified atom stereocenters. The van der Waals surface area contributed by atoms with Gasteiger partial charge in [0.1, 0.15) is 0 Å². The number of aromatic nitrogens is 1. The van der Waals surface area contributed by atoms with Crippen molar-refractivity contribution in [2.45, 2.75) is 42.5 Å². The highest BCUT2D eigenvalue weighted by atomic mass is 35.5. The maximum atomic E-state index is 12.4. The number of carbonyl (C=O) groups is 1. The quantitative estimate of drug-likeness (QED) is 0.656. The molecule has 3 nitrogen and oxygen atoms in total. The van der Waals surface area contributed by atoms with Crippen LogP contribution in [-0.4, -0.2) is 34.6 Å². The molecular formula is C18H21ClN2OS2. The van der Waals surface area contributed by atoms with E-state index in [0.29, 0.717) is 11.8 Å². The molecule has 1 heterocycles. The second-order valence-corrected chi connectivity index (χ2v) is 8.61. The molecule has 2 aromatic rings. The largest absolute Gasteiger partial charge is 0.342 e. The molecule has 1 aromatic heterocycles. The van der Waals surface area contributed by atoms with Crippen molar-refractivity contribution in [2.75, 3.05) is 12.8 Å². The van der Waals surface area contributed by atoms with Crippen LogP contribution < -0.4 is 0 Å². The molecule has 0 N–H and O–H groups in total. The molecule has 128 valence electrons. The Kier molecular flexibility index (Phi) is 6.19. The molecular weight excluding hydrogens is 360 g/mol. The van der Waals surface area contributed by atoms with Gasteiger partial charge in [0.15, 0.2) is 4.34 Å². The Morgan fingerprint density at radius 3 is 2.71 bits per heavy atom. The molecule has 0 aliphatic heterocycles. The lowest BCUT2D eigenvalue weighted by atomic mass is 9.94. The summed E-state index contributed by atoms with van der Waals surface area (Å²) in [4.78, 5) is 19.0. The van der Waals surface area contributed by atoms with Crippen molar-refractivity contribution < 1.29 is 4.79 Å². The molecule has 0 radical (unpaired) electrons. The molecule has 0 saturated heterocycles. The molecule has 1 amide bonds. The Morgan fingerprint density at radius 2 is 2.00 bits per heavy atom. The van der Waals surface area contributed by atoms with Gasteiger partial charge in [-0.2, -0.15) is 0 Å². The van der Waals surface area contributed by atoms with Gasteiger partial charge < -0.3 is 4.90 Å². The van der Waals surface area contributed by atoms with E-state index in [1.54, 1.807) is 11.3 Å². The van der Waals surface area contributed by atoms with E-state index in [1.807, 2.05) is 41.6 Å². The van der Waals surface area contributed by atoms with Gasteiger partial charge in [0.05, 0.1) is 11.4 Å². The molecule has 1 aliphatic rings. The fourth-order valence-electron chi connectivity index (χ4n) is 2.97. The van der Waals surface area contributed by atoms with Crippen molar-refractivity contribution in [2.24, 2.45) is 0 Å². The zero-order valence-corrected chi connectivity index (χ0v) is 16.1. The van der Waals surface area contributed by atoms with Crippen molar-refractivity contribution in [3.63, 3.8) is 0 Å². The number of rotatable bonds is 5. The Morgan fingerprint density at radius 1 is 1.29 bits per heavy atom. The molecule has 1 saturated carbocycles. The van der Waals surface area contributed by atoms with E-state index in [0.717, 1.165) is 33.5 Å². The summed E-state index contributed by atoms with van der Waals surface area (Å²) >= 11 is 9.03. The lowest BCUT2D eigenvalue weighted by molar-refractivity contribution is -0.129. The molecule has 1 fully saturated rings. The summed E-state index contributed by atoms with van der Waals surface area (Å²) in [7, 11) is 1.94. The average molecular weight is 381 g/mol. The topological polar surface area (TPSA) is 33.2 Å². The summed E-state index contributed by atoms with van der Waals surface area (Å²) in [6.45, 7) is 0. The number of benzene rings is 1. The van der Waals surface area contributed by atoms with Crippen LogP contribution >= 0.6 is 34.7 Å². The Balaban J connectivity index is 1.55. The third-order valence-corrected chi connectivity index (χ3v) is 6.72. The second-order valence-electron chi connectivity index (χ2n) is 6.09. The number of nitrogens with zero attached hydrogens (tertiary/aromatic N) is 2. The highest BCUT2D eigenvalue weighted by Crippen LogP contribution is 2.29. The predicted octanol–water partition coefficient (Wildman–Crippen LogP) is 5.35. The van der Waals surface area contributed by atoms with Gasteiger partial charge in [0.2, 0.25) is 5.91 Å². The summed E-state index contributed by atoms with van der Waals surface area (Å²) in [5.74, 6) is 0.663. The molecule has 1 aliphatic carbocycles. The van der Waals surface area contributed by atoms with Crippen LogP contribution in [0.2, 0.25) is 5.02 Å². The van der Waals surface area contributed by atoms with E-state index >= 15 is 0 Å². The van der Waals surface area contributed by atoms with E-state index in [2.05, 4.69) is 4.98 Å². The van der Waals surface area contributed by atoms with Gasteiger partial charge in [-0.05, 0) is 25.0 Å². The first-order chi connectivity index (χ1) is 11.6. The van der Waals surface area contributed by atoms with Gasteiger partial charge in [-0.3, -0.25) is 4.79 Å². The maximum absolute atomic E-state index is 12.4. The zero-order chi connectivity index (χ0) is 16.9. The number of thiazole rings is 1. The third kappa shape index (κ3) is 4.52. The van der Waals surface area contributed by atoms with E-state index in [1.165, 1.54) is 31.0 Å². The first kappa shape index (κ1) is 17.8. The first-order valence-electron chi connectivity index (χ1n) is 8.23. The summed E-state index contributed by atoms with van der Waals surface area (Å²) in [6, 6.07) is 8.09. The highest BCUT2D eigenvalue weighted by molar-refractivity contribution is 8.01. The van der Waals surface area contributed by atoms with E-state index in [9.17, 15) is 4.79 Å². The van der Waals surface area contributed by atoms with Crippen LogP contribution in [0.25, 0.3) is 11.3 Å². The normalized spacial score (nSPS) is 15.4. The van der Waals surface area contributed by atoms with Gasteiger partial charge in [-0.15, -0.1) is 11.3 Å². The van der Waals surface area contributed by atoms with Crippen molar-refractivity contribution in [3.8, 4) is 11.3 Å². The van der Waals surface area contributed by atoms with Gasteiger partial charge >= 0.3 is 0 Å². The van der Waals surface area contributed by atoms with Gasteiger partial charge in [0, 0.05) is 29.1 Å². The number of hydrogen-bond donors (Lipinski definition) is 0. The SMILES string of the molecule is CN(C(=O)CSc1nc(-c2ccc(Cl)cc2)cs1)C1CCCCC1. The van der Waals surface area contributed by atoms with E-state index in [-0.39, 0.29) is 5.91 Å². The molecule has 24 heavy (non-hydrogen) atoms. The number of thioether (sulfide) groups is 1. The fraction of sp³-hybridized carbons (Fsp3) is 0.444. The summed E-state index contributed by atoms with van der Waals surface area (Å²) in [6.07, 6.45) is 6.08. The maximum Gasteiger partial charge on any atom is 0.233 e. The van der Waals surface area contributed by atoms with Gasteiger partial charge in [-0.1, -0.05) is 54.8 Å². The Hall–Kier alpha value is -1.04. The summed E-state index contributed by atoms with van der Waals surface area (Å²) < 4.78 is 0.936. The van der Waals surface area contributed by atoms with Crippen molar-refractivity contribution in [1.29, 1.82) is 0 Å². The smallest absolute Gasteiger partial charge is 0.233 e. The standard InChI is InChI=1S/C18H21ClN2OS2/c1-21(15-5-3-2-4-6-15)17(22)12-24-18-20-16(11-23-18)13-7-9-14(19)10-8-13/h7-11,15H,2-6,12H2,1H3. The van der Waals surface area contributed by atoms with Gasteiger partial charge in [-0.25, -0.2) is 4.98 Å². The molecule has 0 bridgehead atoms. The van der Waals surface area contributed by atoms with Crippen molar-refractivity contribution in [1.82, 2.24) is 9.88 Å². The zero-order valence-electron chi connectivity index (χ0n) is 13.7. The Bertz CT molecular complexity index is 681. The van der Waals surface area contributed by atoms with Crippen LogP contribution in [0.4, 0.5) is 0 Å². The molecule has 1 aromatic carbocycles. The van der Waals surface area contributed by atoms with Crippen LogP contribution in [0.3, 0.4) is 0 Å². The average Bonchev–Trinajstić information content (AvgIpc) is 3.09. The van der Waals surface area contributed by atoms with Crippen LogP contribution in [-0.2, 0) is 4.79 Å². The van der Waals surface area contributed by atoms with Crippen molar-refractivity contribution >= 4 is 40.6 Å². The predicted molar refractivity (Wildman–Crippen MR) is 103 cm³/mol. The Labute approximate surface area is 156 Å². The number of hydrogen-bond acceptors (Lipinski definition) is 4. The van der Waals surface area contributed by atoms with Crippen molar-refractivity contribution in [3.05, 3.63) is 34.7 Å². The molecule has 0 spiro atoms. The van der Waals surface area contributed by atoms with Crippen LogP contribution in [0.15, 0.2) is 34.0 Å². The van der Waals surface area contributed by atoms with Crippen LogP contribution in [0.5, 0.6) is 0 Å². The monoisotopic (exact) mass is 380 g/mol. The number of amides is 1. The lowest BCUT2D eigenvalue weighted by Crippen LogP contribution is -2.39. The summed E-state index contributed by atoms with van der Waals surface area (Å²) in [5, 5.41) is 2.75.